The Morgan fingerprint density at radius 2 is 0.521 bits per heavy atom. The molecule has 0 fully saturated rings. The van der Waals surface area contributed by atoms with Crippen molar-refractivity contribution in [2.45, 2.75) is 40.5 Å². The van der Waals surface area contributed by atoms with Gasteiger partial charge in [0.1, 0.15) is 11.5 Å². The molecule has 4 nitrogen and oxygen atoms in total. The van der Waals surface area contributed by atoms with E-state index in [2.05, 4.69) is 183 Å². The summed E-state index contributed by atoms with van der Waals surface area (Å²) in [4.78, 5) is 4.55. The lowest BCUT2D eigenvalue weighted by Crippen LogP contribution is -2.10. The predicted molar refractivity (Wildman–Crippen MR) is 201 cm³/mol. The number of nitrogens with zero attached hydrogens (tertiary/aromatic N) is 2. The number of ether oxygens (including phenoxy) is 2. The van der Waals surface area contributed by atoms with Crippen LogP contribution in [0.4, 0.5) is 34.1 Å². The largest absolute Gasteiger partial charge is 0.494 e. The lowest BCUT2D eigenvalue weighted by atomic mass is 10.1. The Morgan fingerprint density at radius 1 is 0.312 bits per heavy atom. The van der Waals surface area contributed by atoms with Crippen LogP contribution in [0.1, 0.15) is 35.1 Å². The summed E-state index contributed by atoms with van der Waals surface area (Å²) in [6.45, 7) is 9.74. The van der Waals surface area contributed by atoms with Crippen molar-refractivity contribution in [1.82, 2.24) is 0 Å². The lowest BCUT2D eigenvalue weighted by molar-refractivity contribution is 0.266. The van der Waals surface area contributed by atoms with Crippen LogP contribution >= 0.6 is 0 Å². The Hall–Kier alpha value is -5.48. The van der Waals surface area contributed by atoms with Crippen LogP contribution in [-0.4, -0.2) is 13.2 Å². The Kier molecular flexibility index (Phi) is 10.4. The summed E-state index contributed by atoms with van der Waals surface area (Å²) in [7, 11) is 0. The first-order chi connectivity index (χ1) is 23.4. The second kappa shape index (κ2) is 15.4. The average Bonchev–Trinajstić information content (AvgIpc) is 3.11. The van der Waals surface area contributed by atoms with Crippen molar-refractivity contribution < 1.29 is 9.47 Å². The van der Waals surface area contributed by atoms with Crippen LogP contribution in [0.15, 0.2) is 146 Å². The Bertz CT molecular complexity index is 1630. The van der Waals surface area contributed by atoms with Crippen molar-refractivity contribution in [2.24, 2.45) is 0 Å². The van der Waals surface area contributed by atoms with Gasteiger partial charge in [0.15, 0.2) is 0 Å². The summed E-state index contributed by atoms with van der Waals surface area (Å²) in [6.07, 6.45) is 1.82. The third-order valence-corrected chi connectivity index (χ3v) is 8.43. The summed E-state index contributed by atoms with van der Waals surface area (Å²) < 4.78 is 12.2. The molecule has 0 aliphatic carbocycles. The first-order valence-corrected chi connectivity index (χ1v) is 16.8. The molecule has 242 valence electrons. The maximum atomic E-state index is 6.10. The van der Waals surface area contributed by atoms with Crippen LogP contribution in [0.5, 0.6) is 11.5 Å². The zero-order chi connectivity index (χ0) is 33.3. The van der Waals surface area contributed by atoms with E-state index >= 15 is 0 Å². The highest BCUT2D eigenvalue weighted by Gasteiger charge is 2.14. The van der Waals surface area contributed by atoms with Gasteiger partial charge < -0.3 is 19.3 Å². The van der Waals surface area contributed by atoms with E-state index in [1.807, 2.05) is 0 Å². The van der Waals surface area contributed by atoms with E-state index in [4.69, 9.17) is 9.47 Å². The molecule has 48 heavy (non-hydrogen) atoms. The van der Waals surface area contributed by atoms with Gasteiger partial charge >= 0.3 is 0 Å². The van der Waals surface area contributed by atoms with Crippen molar-refractivity contribution in [3.05, 3.63) is 168 Å². The van der Waals surface area contributed by atoms with Gasteiger partial charge in [-0.25, -0.2) is 0 Å². The molecule has 0 heterocycles. The molecule has 0 N–H and O–H groups in total. The molecule has 6 aromatic rings. The molecule has 0 bridgehead atoms. The van der Waals surface area contributed by atoms with E-state index in [1.54, 1.807) is 0 Å². The lowest BCUT2D eigenvalue weighted by Gasteiger charge is -2.26. The molecule has 0 aliphatic rings. The summed E-state index contributed by atoms with van der Waals surface area (Å²) in [5.41, 5.74) is 11.7. The topological polar surface area (TPSA) is 24.9 Å². The van der Waals surface area contributed by atoms with Gasteiger partial charge in [-0.1, -0.05) is 70.8 Å². The molecule has 0 radical (unpaired) electrons. The molecule has 4 heteroatoms. The molecule has 0 atom stereocenters. The minimum Gasteiger partial charge on any atom is -0.494 e. The van der Waals surface area contributed by atoms with Gasteiger partial charge in [-0.05, 0) is 138 Å². The molecule has 0 aliphatic heterocycles. The van der Waals surface area contributed by atoms with E-state index in [-0.39, 0.29) is 0 Å². The highest BCUT2D eigenvalue weighted by molar-refractivity contribution is 5.78. The summed E-state index contributed by atoms with van der Waals surface area (Å²) in [5.74, 6) is 1.74. The molecule has 0 spiro atoms. The predicted octanol–water partition coefficient (Wildman–Crippen LogP) is 12.1. The average molecular weight is 633 g/mol. The van der Waals surface area contributed by atoms with Crippen LogP contribution in [0.3, 0.4) is 0 Å². The normalized spacial score (nSPS) is 10.8. The quantitative estimate of drug-likeness (QED) is 0.118. The fourth-order valence-corrected chi connectivity index (χ4v) is 5.64. The third kappa shape index (κ3) is 8.26. The molecular weight excluding hydrogens is 588 g/mol. The third-order valence-electron chi connectivity index (χ3n) is 8.43. The van der Waals surface area contributed by atoms with E-state index in [0.29, 0.717) is 13.2 Å². The Morgan fingerprint density at radius 3 is 0.750 bits per heavy atom. The van der Waals surface area contributed by atoms with Crippen molar-refractivity contribution in [2.75, 3.05) is 23.0 Å². The number of unbranched alkanes of at least 4 members (excludes halogenated alkanes) is 1. The molecule has 6 rings (SSSR count). The minimum absolute atomic E-state index is 0.642. The molecule has 0 saturated heterocycles. The standard InChI is InChI=1S/C44H44N2O2/c1-33-7-15-37(16-8-33)45(38-17-9-34(2)10-18-38)41-23-27-43(28-24-41)47-31-5-6-32-48-44-29-25-42(26-30-44)46(39-19-11-35(3)12-20-39)40-21-13-36(4)14-22-40/h7-30H,5-6,31-32H2,1-4H3. The van der Waals surface area contributed by atoms with Gasteiger partial charge in [0.2, 0.25) is 0 Å². The maximum Gasteiger partial charge on any atom is 0.119 e. The number of hydrogen-bond donors (Lipinski definition) is 0. The van der Waals surface area contributed by atoms with Gasteiger partial charge in [-0.3, -0.25) is 0 Å². The van der Waals surface area contributed by atoms with Crippen LogP contribution in [0.25, 0.3) is 0 Å². The zero-order valence-electron chi connectivity index (χ0n) is 28.4. The second-order valence-electron chi connectivity index (χ2n) is 12.4. The first-order valence-electron chi connectivity index (χ1n) is 16.8. The van der Waals surface area contributed by atoms with Crippen molar-refractivity contribution in [3.8, 4) is 11.5 Å². The monoisotopic (exact) mass is 632 g/mol. The number of benzene rings is 6. The second-order valence-corrected chi connectivity index (χ2v) is 12.4. The van der Waals surface area contributed by atoms with Gasteiger partial charge in [0.25, 0.3) is 0 Å². The molecule has 0 saturated carbocycles. The highest BCUT2D eigenvalue weighted by Crippen LogP contribution is 2.37. The molecule has 0 aromatic heterocycles. The minimum atomic E-state index is 0.642. The molecule has 0 amide bonds. The highest BCUT2D eigenvalue weighted by atomic mass is 16.5. The van der Waals surface area contributed by atoms with Crippen molar-refractivity contribution in [1.29, 1.82) is 0 Å². The molecule has 0 unspecified atom stereocenters. The van der Waals surface area contributed by atoms with Gasteiger partial charge in [-0.2, -0.15) is 0 Å². The SMILES string of the molecule is Cc1ccc(N(c2ccc(C)cc2)c2ccc(OCCCCOc3ccc(N(c4ccc(C)cc4)c4ccc(C)cc4)cc3)cc2)cc1. The Balaban J connectivity index is 1.01. The summed E-state index contributed by atoms with van der Waals surface area (Å²) >= 11 is 0. The number of hydrogen-bond acceptors (Lipinski definition) is 4. The maximum absolute atomic E-state index is 6.10. The smallest absolute Gasteiger partial charge is 0.119 e. The van der Waals surface area contributed by atoms with E-state index in [9.17, 15) is 0 Å². The number of rotatable bonds is 13. The first kappa shape index (κ1) is 32.5. The summed E-state index contributed by atoms with van der Waals surface area (Å²) in [5, 5.41) is 0. The number of aryl methyl sites for hydroxylation is 4. The van der Waals surface area contributed by atoms with Crippen LogP contribution in [-0.2, 0) is 0 Å². The van der Waals surface area contributed by atoms with Gasteiger partial charge in [0.05, 0.1) is 13.2 Å². The summed E-state index contributed by atoms with van der Waals surface area (Å²) in [6, 6.07) is 51.3. The van der Waals surface area contributed by atoms with Gasteiger partial charge in [0, 0.05) is 34.1 Å². The van der Waals surface area contributed by atoms with E-state index in [1.165, 1.54) is 22.3 Å². The molecule has 6 aromatic carbocycles. The number of anilines is 6. The van der Waals surface area contributed by atoms with Crippen molar-refractivity contribution >= 4 is 34.1 Å². The Labute approximate surface area is 285 Å². The van der Waals surface area contributed by atoms with Crippen molar-refractivity contribution in [3.63, 3.8) is 0 Å². The fourth-order valence-electron chi connectivity index (χ4n) is 5.64. The van der Waals surface area contributed by atoms with Crippen LogP contribution in [0, 0.1) is 27.7 Å². The van der Waals surface area contributed by atoms with E-state index < -0.39 is 0 Å². The van der Waals surface area contributed by atoms with Crippen LogP contribution in [0.2, 0.25) is 0 Å². The van der Waals surface area contributed by atoms with Crippen LogP contribution < -0.4 is 19.3 Å². The zero-order valence-corrected chi connectivity index (χ0v) is 28.4. The fraction of sp³-hybridized carbons (Fsp3) is 0.182. The van der Waals surface area contributed by atoms with Gasteiger partial charge in [-0.15, -0.1) is 0 Å². The molecular formula is C44H44N2O2. The van der Waals surface area contributed by atoms with E-state index in [0.717, 1.165) is 58.5 Å².